The zero-order chi connectivity index (χ0) is 14.5. The van der Waals surface area contributed by atoms with E-state index >= 15 is 0 Å². The van der Waals surface area contributed by atoms with Crippen molar-refractivity contribution in [1.82, 2.24) is 19.8 Å². The quantitative estimate of drug-likeness (QED) is 0.851. The number of hydrogen-bond acceptors (Lipinski definition) is 4. The van der Waals surface area contributed by atoms with Crippen molar-refractivity contribution in [3.05, 3.63) is 58.6 Å². The van der Waals surface area contributed by atoms with Crippen molar-refractivity contribution >= 4 is 15.9 Å². The van der Waals surface area contributed by atoms with Crippen molar-refractivity contribution in [2.75, 3.05) is 26.2 Å². The number of aromatic nitrogens is 2. The maximum atomic E-state index is 4.23. The Morgan fingerprint density at radius 3 is 2.10 bits per heavy atom. The Kier molecular flexibility index (Phi) is 4.95. The van der Waals surface area contributed by atoms with E-state index in [4.69, 9.17) is 0 Å². The molecule has 0 bridgehead atoms. The molecule has 21 heavy (non-hydrogen) atoms. The Hall–Kier alpha value is -1.30. The highest BCUT2D eigenvalue weighted by atomic mass is 79.9. The second-order valence-corrected chi connectivity index (χ2v) is 6.33. The molecule has 1 fully saturated rings. The average molecular weight is 347 g/mol. The Labute approximate surface area is 133 Å². The van der Waals surface area contributed by atoms with E-state index in [0.717, 1.165) is 43.7 Å². The average Bonchev–Trinajstić information content (AvgIpc) is 2.50. The summed E-state index contributed by atoms with van der Waals surface area (Å²) in [5.74, 6) is 0. The zero-order valence-electron chi connectivity index (χ0n) is 12.0. The van der Waals surface area contributed by atoms with Gasteiger partial charge in [-0.05, 0) is 45.3 Å². The molecule has 2 aromatic heterocycles. The molecule has 5 heteroatoms. The van der Waals surface area contributed by atoms with Crippen LogP contribution in [-0.2, 0) is 13.1 Å². The van der Waals surface area contributed by atoms with Gasteiger partial charge in [-0.1, -0.05) is 0 Å². The van der Waals surface area contributed by atoms with Gasteiger partial charge in [-0.15, -0.1) is 0 Å². The van der Waals surface area contributed by atoms with Crippen LogP contribution in [-0.4, -0.2) is 45.9 Å². The third-order valence-electron chi connectivity index (χ3n) is 3.79. The van der Waals surface area contributed by atoms with Gasteiger partial charge in [0.1, 0.15) is 0 Å². The molecule has 0 unspecified atom stereocenters. The zero-order valence-corrected chi connectivity index (χ0v) is 13.5. The van der Waals surface area contributed by atoms with Crippen molar-refractivity contribution in [2.45, 2.75) is 13.1 Å². The summed E-state index contributed by atoms with van der Waals surface area (Å²) in [5.41, 5.74) is 2.61. The highest BCUT2D eigenvalue weighted by Crippen LogP contribution is 2.14. The van der Waals surface area contributed by atoms with Crippen LogP contribution in [0.1, 0.15) is 11.1 Å². The number of nitrogens with zero attached hydrogens (tertiary/aromatic N) is 4. The van der Waals surface area contributed by atoms with Crippen molar-refractivity contribution in [3.63, 3.8) is 0 Å². The van der Waals surface area contributed by atoms with Gasteiger partial charge < -0.3 is 0 Å². The molecule has 1 aliphatic heterocycles. The van der Waals surface area contributed by atoms with Gasteiger partial charge in [0, 0.05) is 68.5 Å². The third kappa shape index (κ3) is 4.33. The number of pyridine rings is 2. The summed E-state index contributed by atoms with van der Waals surface area (Å²) in [7, 11) is 0. The van der Waals surface area contributed by atoms with E-state index in [0.29, 0.717) is 0 Å². The molecule has 4 nitrogen and oxygen atoms in total. The largest absolute Gasteiger partial charge is 0.297 e. The van der Waals surface area contributed by atoms with Crippen LogP contribution in [0.2, 0.25) is 0 Å². The predicted octanol–water partition coefficient (Wildman–Crippen LogP) is 2.56. The maximum Gasteiger partial charge on any atom is 0.0410 e. The van der Waals surface area contributed by atoms with Crippen LogP contribution in [0.5, 0.6) is 0 Å². The molecule has 0 aromatic carbocycles. The Morgan fingerprint density at radius 1 is 0.857 bits per heavy atom. The lowest BCUT2D eigenvalue weighted by atomic mass is 10.2. The first-order valence-electron chi connectivity index (χ1n) is 7.22. The van der Waals surface area contributed by atoms with Gasteiger partial charge in [0.15, 0.2) is 0 Å². The molecule has 3 rings (SSSR count). The standard InChI is InChI=1S/C16H19BrN4/c17-16-9-15(10-19-11-16)13-21-7-5-20(6-8-21)12-14-1-3-18-4-2-14/h1-4,9-11H,5-8,12-13H2. The summed E-state index contributed by atoms with van der Waals surface area (Å²) in [6.45, 7) is 6.45. The summed E-state index contributed by atoms with van der Waals surface area (Å²) in [6.07, 6.45) is 7.52. The Morgan fingerprint density at radius 2 is 1.48 bits per heavy atom. The van der Waals surface area contributed by atoms with E-state index in [9.17, 15) is 0 Å². The normalized spacial score (nSPS) is 17.0. The lowest BCUT2D eigenvalue weighted by molar-refractivity contribution is 0.122. The minimum Gasteiger partial charge on any atom is -0.297 e. The number of halogens is 1. The van der Waals surface area contributed by atoms with Crippen LogP contribution < -0.4 is 0 Å². The van der Waals surface area contributed by atoms with Crippen LogP contribution in [0.15, 0.2) is 47.5 Å². The molecule has 0 radical (unpaired) electrons. The lowest BCUT2D eigenvalue weighted by Crippen LogP contribution is -2.45. The van der Waals surface area contributed by atoms with Crippen LogP contribution >= 0.6 is 15.9 Å². The van der Waals surface area contributed by atoms with E-state index in [1.165, 1.54) is 11.1 Å². The molecule has 0 saturated carbocycles. The topological polar surface area (TPSA) is 32.3 Å². The second kappa shape index (κ2) is 7.11. The fourth-order valence-electron chi connectivity index (χ4n) is 2.65. The molecule has 0 aliphatic carbocycles. The van der Waals surface area contributed by atoms with Crippen molar-refractivity contribution in [2.24, 2.45) is 0 Å². The predicted molar refractivity (Wildman–Crippen MR) is 86.7 cm³/mol. The molecule has 110 valence electrons. The van der Waals surface area contributed by atoms with Crippen LogP contribution in [0.3, 0.4) is 0 Å². The summed E-state index contributed by atoms with van der Waals surface area (Å²) in [6, 6.07) is 6.34. The van der Waals surface area contributed by atoms with Gasteiger partial charge in [-0.3, -0.25) is 19.8 Å². The van der Waals surface area contributed by atoms with Gasteiger partial charge in [-0.2, -0.15) is 0 Å². The summed E-state index contributed by atoms with van der Waals surface area (Å²) >= 11 is 3.48. The summed E-state index contributed by atoms with van der Waals surface area (Å²) < 4.78 is 1.05. The SMILES string of the molecule is Brc1cncc(CN2CCN(Cc3ccncc3)CC2)c1. The van der Waals surface area contributed by atoms with Crippen LogP contribution in [0.4, 0.5) is 0 Å². The van der Waals surface area contributed by atoms with E-state index in [2.05, 4.69) is 53.9 Å². The number of rotatable bonds is 4. The fraction of sp³-hybridized carbons (Fsp3) is 0.375. The monoisotopic (exact) mass is 346 g/mol. The molecular formula is C16H19BrN4. The molecule has 0 N–H and O–H groups in total. The second-order valence-electron chi connectivity index (χ2n) is 5.42. The molecule has 3 heterocycles. The molecule has 0 atom stereocenters. The van der Waals surface area contributed by atoms with Crippen LogP contribution in [0, 0.1) is 0 Å². The van der Waals surface area contributed by atoms with Crippen molar-refractivity contribution in [1.29, 1.82) is 0 Å². The molecule has 1 saturated heterocycles. The fourth-order valence-corrected chi connectivity index (χ4v) is 3.06. The summed E-state index contributed by atoms with van der Waals surface area (Å²) in [4.78, 5) is 13.3. The smallest absolute Gasteiger partial charge is 0.0410 e. The van der Waals surface area contributed by atoms with Gasteiger partial charge >= 0.3 is 0 Å². The minimum atomic E-state index is 0.982. The van der Waals surface area contributed by atoms with E-state index in [-0.39, 0.29) is 0 Å². The molecular weight excluding hydrogens is 328 g/mol. The first-order chi connectivity index (χ1) is 10.3. The highest BCUT2D eigenvalue weighted by Gasteiger charge is 2.17. The van der Waals surface area contributed by atoms with E-state index in [1.807, 2.05) is 24.8 Å². The van der Waals surface area contributed by atoms with Crippen LogP contribution in [0.25, 0.3) is 0 Å². The lowest BCUT2D eigenvalue weighted by Gasteiger charge is -2.34. The van der Waals surface area contributed by atoms with E-state index in [1.54, 1.807) is 0 Å². The molecule has 0 amide bonds. The molecule has 2 aromatic rings. The maximum absolute atomic E-state index is 4.23. The van der Waals surface area contributed by atoms with Gasteiger partial charge in [0.05, 0.1) is 0 Å². The first-order valence-corrected chi connectivity index (χ1v) is 8.02. The van der Waals surface area contributed by atoms with Gasteiger partial charge in [0.2, 0.25) is 0 Å². The minimum absolute atomic E-state index is 0.982. The van der Waals surface area contributed by atoms with Gasteiger partial charge in [0.25, 0.3) is 0 Å². The molecule has 1 aliphatic rings. The Balaban J connectivity index is 1.49. The third-order valence-corrected chi connectivity index (χ3v) is 4.22. The highest BCUT2D eigenvalue weighted by molar-refractivity contribution is 9.10. The van der Waals surface area contributed by atoms with Crippen molar-refractivity contribution in [3.8, 4) is 0 Å². The van der Waals surface area contributed by atoms with Gasteiger partial charge in [-0.25, -0.2) is 0 Å². The molecule has 0 spiro atoms. The number of piperazine rings is 1. The van der Waals surface area contributed by atoms with E-state index < -0.39 is 0 Å². The number of hydrogen-bond donors (Lipinski definition) is 0. The van der Waals surface area contributed by atoms with Crippen molar-refractivity contribution < 1.29 is 0 Å². The summed E-state index contributed by atoms with van der Waals surface area (Å²) in [5, 5.41) is 0. The first kappa shape index (κ1) is 14.6. The Bertz CT molecular complexity index is 567.